The molecule has 1 aromatic carbocycles. The molecule has 1 saturated heterocycles. The molecule has 0 bridgehead atoms. The van der Waals surface area contributed by atoms with Crippen LogP contribution in [0.2, 0.25) is 0 Å². The van der Waals surface area contributed by atoms with Crippen molar-refractivity contribution in [1.29, 1.82) is 0 Å². The Morgan fingerprint density at radius 1 is 1.29 bits per heavy atom. The Hall–Kier alpha value is -1.48. The number of nitrogens with one attached hydrogen (secondary N) is 1. The van der Waals surface area contributed by atoms with Gasteiger partial charge in [0.15, 0.2) is 0 Å². The average molecular weight is 355 g/mol. The first-order valence-electron chi connectivity index (χ1n) is 7.93. The van der Waals surface area contributed by atoms with Gasteiger partial charge in [-0.3, -0.25) is 4.79 Å². The van der Waals surface area contributed by atoms with Gasteiger partial charge in [-0.1, -0.05) is 17.7 Å². The van der Waals surface area contributed by atoms with Gasteiger partial charge in [-0.25, -0.2) is 13.1 Å². The van der Waals surface area contributed by atoms with Gasteiger partial charge in [0, 0.05) is 33.4 Å². The number of ether oxygens (including phenoxy) is 1. The fraction of sp³-hybridized carbons (Fsp3) is 0.562. The summed E-state index contributed by atoms with van der Waals surface area (Å²) in [4.78, 5) is 14.1. The van der Waals surface area contributed by atoms with Gasteiger partial charge < -0.3 is 15.4 Å². The summed E-state index contributed by atoms with van der Waals surface area (Å²) in [7, 11) is -1.95. The van der Waals surface area contributed by atoms with E-state index in [1.165, 1.54) is 4.90 Å². The second kappa shape index (κ2) is 7.60. The van der Waals surface area contributed by atoms with Crippen molar-refractivity contribution in [3.05, 3.63) is 29.8 Å². The van der Waals surface area contributed by atoms with E-state index in [1.54, 1.807) is 31.3 Å². The standard InChI is InChI=1S/C16H25N3O4S/c1-13-3-5-14(6-4-13)24(21,22)18-9-10-19(2)15(20)16(17)7-11-23-12-8-16/h3-6,18H,7-12,17H2,1-2H3. The Kier molecular flexibility index (Phi) is 5.97. The maximum Gasteiger partial charge on any atom is 0.242 e. The Balaban J connectivity index is 1.88. The first kappa shape index (κ1) is 18.9. The monoisotopic (exact) mass is 355 g/mol. The fourth-order valence-corrected chi connectivity index (χ4v) is 3.60. The number of rotatable bonds is 6. The second-order valence-electron chi connectivity index (χ2n) is 6.21. The summed E-state index contributed by atoms with van der Waals surface area (Å²) in [6.45, 7) is 3.21. The van der Waals surface area contributed by atoms with Crippen molar-refractivity contribution < 1.29 is 17.9 Å². The number of nitrogens with two attached hydrogens (primary N) is 1. The zero-order valence-electron chi connectivity index (χ0n) is 14.1. The van der Waals surface area contributed by atoms with Crippen LogP contribution >= 0.6 is 0 Å². The molecule has 0 saturated carbocycles. The molecular weight excluding hydrogens is 330 g/mol. The maximum absolute atomic E-state index is 12.5. The molecule has 1 aliphatic heterocycles. The number of nitrogens with zero attached hydrogens (tertiary/aromatic N) is 1. The zero-order valence-corrected chi connectivity index (χ0v) is 14.9. The average Bonchev–Trinajstić information content (AvgIpc) is 2.55. The summed E-state index contributed by atoms with van der Waals surface area (Å²) in [6.07, 6.45) is 0.955. The van der Waals surface area contributed by atoms with Crippen LogP contribution in [0, 0.1) is 6.92 Å². The molecule has 1 amide bonds. The van der Waals surface area contributed by atoms with E-state index in [9.17, 15) is 13.2 Å². The Bertz CT molecular complexity index is 667. The van der Waals surface area contributed by atoms with Gasteiger partial charge in [0.05, 0.1) is 10.4 Å². The molecule has 0 unspecified atom stereocenters. The van der Waals surface area contributed by atoms with E-state index in [4.69, 9.17) is 10.5 Å². The molecular formula is C16H25N3O4S. The van der Waals surface area contributed by atoms with E-state index in [0.29, 0.717) is 26.1 Å². The van der Waals surface area contributed by atoms with Gasteiger partial charge in [0.2, 0.25) is 15.9 Å². The van der Waals surface area contributed by atoms with Crippen molar-refractivity contribution in [2.45, 2.75) is 30.2 Å². The van der Waals surface area contributed by atoms with Crippen LogP contribution < -0.4 is 10.5 Å². The third kappa shape index (κ3) is 4.54. The number of carbonyl (C=O) groups excluding carboxylic acids is 1. The van der Waals surface area contributed by atoms with Crippen molar-refractivity contribution in [2.24, 2.45) is 5.73 Å². The zero-order chi connectivity index (χ0) is 17.8. The van der Waals surface area contributed by atoms with Crippen LogP contribution in [0.4, 0.5) is 0 Å². The number of sulfonamides is 1. The highest BCUT2D eigenvalue weighted by atomic mass is 32.2. The number of hydrogen-bond acceptors (Lipinski definition) is 5. The lowest BCUT2D eigenvalue weighted by atomic mass is 9.90. The van der Waals surface area contributed by atoms with Crippen LogP contribution in [0.25, 0.3) is 0 Å². The lowest BCUT2D eigenvalue weighted by Crippen LogP contribution is -2.57. The van der Waals surface area contributed by atoms with Gasteiger partial charge in [-0.15, -0.1) is 0 Å². The third-order valence-corrected chi connectivity index (χ3v) is 5.71. The highest BCUT2D eigenvalue weighted by Gasteiger charge is 2.37. The maximum atomic E-state index is 12.5. The largest absolute Gasteiger partial charge is 0.381 e. The van der Waals surface area contributed by atoms with Crippen LogP contribution in [0.15, 0.2) is 29.2 Å². The van der Waals surface area contributed by atoms with Gasteiger partial charge in [-0.05, 0) is 31.9 Å². The lowest BCUT2D eigenvalue weighted by molar-refractivity contribution is -0.139. The topological polar surface area (TPSA) is 102 Å². The second-order valence-corrected chi connectivity index (χ2v) is 7.97. The first-order chi connectivity index (χ1) is 11.2. The van der Waals surface area contributed by atoms with Crippen LogP contribution in [-0.4, -0.2) is 58.1 Å². The molecule has 1 aliphatic rings. The number of carbonyl (C=O) groups is 1. The van der Waals surface area contributed by atoms with E-state index >= 15 is 0 Å². The summed E-state index contributed by atoms with van der Waals surface area (Å²) >= 11 is 0. The summed E-state index contributed by atoms with van der Waals surface area (Å²) in [5.74, 6) is -0.180. The Morgan fingerprint density at radius 2 is 1.88 bits per heavy atom. The molecule has 7 nitrogen and oxygen atoms in total. The molecule has 8 heteroatoms. The van der Waals surface area contributed by atoms with Crippen molar-refractivity contribution in [3.63, 3.8) is 0 Å². The van der Waals surface area contributed by atoms with Crippen molar-refractivity contribution in [1.82, 2.24) is 9.62 Å². The molecule has 3 N–H and O–H groups in total. The van der Waals surface area contributed by atoms with Crippen LogP contribution in [0.1, 0.15) is 18.4 Å². The van der Waals surface area contributed by atoms with Gasteiger partial charge >= 0.3 is 0 Å². The quantitative estimate of drug-likeness (QED) is 0.761. The van der Waals surface area contributed by atoms with E-state index in [1.807, 2.05) is 6.92 Å². The van der Waals surface area contributed by atoms with Crippen LogP contribution in [0.3, 0.4) is 0 Å². The molecule has 0 radical (unpaired) electrons. The molecule has 0 atom stereocenters. The Morgan fingerprint density at radius 3 is 2.46 bits per heavy atom. The SMILES string of the molecule is Cc1ccc(S(=O)(=O)NCCN(C)C(=O)C2(N)CCOCC2)cc1. The summed E-state index contributed by atoms with van der Waals surface area (Å²) < 4.78 is 32.2. The molecule has 134 valence electrons. The highest BCUT2D eigenvalue weighted by molar-refractivity contribution is 7.89. The number of aryl methyl sites for hydroxylation is 1. The van der Waals surface area contributed by atoms with Gasteiger partial charge in [0.25, 0.3) is 0 Å². The third-order valence-electron chi connectivity index (χ3n) is 4.23. The van der Waals surface area contributed by atoms with Crippen molar-refractivity contribution >= 4 is 15.9 Å². The number of amides is 1. The summed E-state index contributed by atoms with van der Waals surface area (Å²) in [5.41, 5.74) is 6.23. The number of likely N-dealkylation sites (N-methyl/N-ethyl adjacent to an activating group) is 1. The minimum absolute atomic E-state index is 0.130. The molecule has 1 aromatic rings. The number of hydrogen-bond donors (Lipinski definition) is 2. The van der Waals surface area contributed by atoms with Crippen molar-refractivity contribution in [2.75, 3.05) is 33.4 Å². The first-order valence-corrected chi connectivity index (χ1v) is 9.41. The predicted octanol–water partition coefficient (Wildman–Crippen LogP) is 0.240. The van der Waals surface area contributed by atoms with E-state index in [-0.39, 0.29) is 23.9 Å². The minimum Gasteiger partial charge on any atom is -0.381 e. The van der Waals surface area contributed by atoms with Crippen LogP contribution in [-0.2, 0) is 19.6 Å². The normalized spacial score (nSPS) is 17.5. The highest BCUT2D eigenvalue weighted by Crippen LogP contribution is 2.19. The van der Waals surface area contributed by atoms with Gasteiger partial charge in [-0.2, -0.15) is 0 Å². The molecule has 0 aliphatic carbocycles. The molecule has 0 aromatic heterocycles. The molecule has 2 rings (SSSR count). The van der Waals surface area contributed by atoms with Gasteiger partial charge in [0.1, 0.15) is 0 Å². The molecule has 0 spiro atoms. The molecule has 24 heavy (non-hydrogen) atoms. The smallest absolute Gasteiger partial charge is 0.242 e. The lowest BCUT2D eigenvalue weighted by Gasteiger charge is -2.35. The minimum atomic E-state index is -3.58. The summed E-state index contributed by atoms with van der Waals surface area (Å²) in [6, 6.07) is 6.61. The van der Waals surface area contributed by atoms with E-state index < -0.39 is 15.6 Å². The molecule has 1 fully saturated rings. The van der Waals surface area contributed by atoms with Crippen LogP contribution in [0.5, 0.6) is 0 Å². The predicted molar refractivity (Wildman–Crippen MR) is 91.0 cm³/mol. The van der Waals surface area contributed by atoms with E-state index in [0.717, 1.165) is 5.56 Å². The molecule has 1 heterocycles. The summed E-state index contributed by atoms with van der Waals surface area (Å²) in [5, 5.41) is 0. The fourth-order valence-electron chi connectivity index (χ4n) is 2.58. The van der Waals surface area contributed by atoms with E-state index in [2.05, 4.69) is 4.72 Å². The Labute approximate surface area is 143 Å². The van der Waals surface area contributed by atoms with Crippen molar-refractivity contribution in [3.8, 4) is 0 Å². The number of benzene rings is 1.